The van der Waals surface area contributed by atoms with Crippen LogP contribution >= 0.6 is 22.9 Å². The molecule has 10 heteroatoms. The van der Waals surface area contributed by atoms with Gasteiger partial charge in [0, 0.05) is 11.6 Å². The highest BCUT2D eigenvalue weighted by atomic mass is 35.5. The lowest BCUT2D eigenvalue weighted by atomic mass is 10.3. The average molecular weight is 348 g/mol. The van der Waals surface area contributed by atoms with Crippen LogP contribution in [0.25, 0.3) is 0 Å². The Morgan fingerprint density at radius 1 is 1.52 bits per heavy atom. The van der Waals surface area contributed by atoms with Gasteiger partial charge in [-0.2, -0.15) is 0 Å². The van der Waals surface area contributed by atoms with E-state index in [0.717, 1.165) is 11.3 Å². The topological polar surface area (TPSA) is 98.2 Å². The number of hydrogen-bond acceptors (Lipinski definition) is 7. The molecule has 1 N–H and O–H groups in total. The van der Waals surface area contributed by atoms with E-state index in [0.29, 0.717) is 5.69 Å². The Balaban J connectivity index is 2.18. The molecule has 112 valence electrons. The molecule has 0 spiro atoms. The first-order valence-corrected chi connectivity index (χ1v) is 8.31. The van der Waals surface area contributed by atoms with Crippen molar-refractivity contribution in [1.29, 1.82) is 0 Å². The van der Waals surface area contributed by atoms with Crippen molar-refractivity contribution < 1.29 is 17.9 Å². The van der Waals surface area contributed by atoms with Crippen molar-refractivity contribution in [3.63, 3.8) is 0 Å². The number of aromatic nitrogens is 2. The second-order valence-electron chi connectivity index (χ2n) is 3.79. The highest BCUT2D eigenvalue weighted by Crippen LogP contribution is 2.23. The predicted octanol–water partition coefficient (Wildman–Crippen LogP) is 1.71. The summed E-state index contributed by atoms with van der Waals surface area (Å²) in [6.45, 7) is 0. The van der Waals surface area contributed by atoms with Gasteiger partial charge in [-0.1, -0.05) is 11.6 Å². The Bertz CT molecular complexity index is 760. The maximum atomic E-state index is 12.1. The number of carbonyl (C=O) groups excluding carboxylic acids is 1. The summed E-state index contributed by atoms with van der Waals surface area (Å²) in [5.41, 5.74) is 0.418. The van der Waals surface area contributed by atoms with E-state index >= 15 is 0 Å². The van der Waals surface area contributed by atoms with Crippen LogP contribution in [-0.4, -0.2) is 31.5 Å². The van der Waals surface area contributed by atoms with E-state index in [-0.39, 0.29) is 21.6 Å². The fraction of sp³-hybridized carbons (Fsp3) is 0.182. The van der Waals surface area contributed by atoms with E-state index in [9.17, 15) is 13.2 Å². The first-order valence-electron chi connectivity index (χ1n) is 5.57. The summed E-state index contributed by atoms with van der Waals surface area (Å²) < 4.78 is 31.1. The minimum atomic E-state index is -3.88. The number of halogens is 1. The van der Waals surface area contributed by atoms with Gasteiger partial charge in [0.15, 0.2) is 5.13 Å². The maximum absolute atomic E-state index is 12.1. The molecule has 0 bridgehead atoms. The first kappa shape index (κ1) is 15.7. The van der Waals surface area contributed by atoms with E-state index in [1.165, 1.54) is 25.4 Å². The molecule has 21 heavy (non-hydrogen) atoms. The van der Waals surface area contributed by atoms with Crippen LogP contribution in [0.3, 0.4) is 0 Å². The number of thiazole rings is 1. The van der Waals surface area contributed by atoms with Crippen molar-refractivity contribution in [3.05, 3.63) is 34.6 Å². The van der Waals surface area contributed by atoms with Crippen LogP contribution in [0.5, 0.6) is 0 Å². The molecule has 0 radical (unpaired) electrons. The van der Waals surface area contributed by atoms with Crippen LogP contribution in [0.15, 0.2) is 28.6 Å². The van der Waals surface area contributed by atoms with Crippen molar-refractivity contribution in [2.75, 3.05) is 11.8 Å². The van der Waals surface area contributed by atoms with Gasteiger partial charge in [0.25, 0.3) is 10.0 Å². The Morgan fingerprint density at radius 3 is 2.95 bits per heavy atom. The lowest BCUT2D eigenvalue weighted by molar-refractivity contribution is -0.139. The molecule has 0 aliphatic carbocycles. The molecular weight excluding hydrogens is 338 g/mol. The zero-order valence-corrected chi connectivity index (χ0v) is 13.1. The van der Waals surface area contributed by atoms with Gasteiger partial charge in [0.2, 0.25) is 0 Å². The molecule has 0 aliphatic heterocycles. The van der Waals surface area contributed by atoms with Gasteiger partial charge in [0.1, 0.15) is 10.0 Å². The molecule has 0 amide bonds. The van der Waals surface area contributed by atoms with Crippen molar-refractivity contribution >= 4 is 44.1 Å². The third kappa shape index (κ3) is 3.90. The second kappa shape index (κ2) is 6.37. The summed E-state index contributed by atoms with van der Waals surface area (Å²) >= 11 is 6.82. The van der Waals surface area contributed by atoms with Crippen LogP contribution in [0.1, 0.15) is 5.69 Å². The lowest BCUT2D eigenvalue weighted by Gasteiger charge is -2.05. The maximum Gasteiger partial charge on any atom is 0.311 e. The van der Waals surface area contributed by atoms with Crippen molar-refractivity contribution in [3.8, 4) is 0 Å². The summed E-state index contributed by atoms with van der Waals surface area (Å²) in [7, 11) is -2.61. The van der Waals surface area contributed by atoms with Crippen LogP contribution in [0.2, 0.25) is 5.15 Å². The van der Waals surface area contributed by atoms with Crippen molar-refractivity contribution in [2.45, 2.75) is 11.3 Å². The number of methoxy groups -OCH3 is 1. The molecule has 2 heterocycles. The number of rotatable bonds is 5. The zero-order chi connectivity index (χ0) is 15.5. The fourth-order valence-electron chi connectivity index (χ4n) is 1.40. The Hall–Kier alpha value is -1.71. The Morgan fingerprint density at radius 2 is 2.29 bits per heavy atom. The number of sulfonamides is 1. The summed E-state index contributed by atoms with van der Waals surface area (Å²) in [5.74, 6) is -0.454. The minimum absolute atomic E-state index is 0.0254. The average Bonchev–Trinajstić information content (AvgIpc) is 2.85. The number of anilines is 1. The van der Waals surface area contributed by atoms with Gasteiger partial charge in [-0.25, -0.2) is 18.4 Å². The van der Waals surface area contributed by atoms with Crippen LogP contribution in [0.4, 0.5) is 5.13 Å². The number of hydrogen-bond donors (Lipinski definition) is 1. The van der Waals surface area contributed by atoms with E-state index in [2.05, 4.69) is 19.4 Å². The minimum Gasteiger partial charge on any atom is -0.469 e. The molecule has 0 fully saturated rings. The van der Waals surface area contributed by atoms with Gasteiger partial charge in [0.05, 0.1) is 19.2 Å². The van der Waals surface area contributed by atoms with Crippen molar-refractivity contribution in [1.82, 2.24) is 9.97 Å². The van der Waals surface area contributed by atoms with Gasteiger partial charge >= 0.3 is 5.97 Å². The standard InChI is InChI=1S/C11H10ClN3O4S2/c1-19-9(16)5-7-6-20-11(14-7)15-21(17,18)8-3-2-4-13-10(8)12/h2-4,6H,5H2,1H3,(H,14,15). The molecule has 0 unspecified atom stereocenters. The Kier molecular flexibility index (Phi) is 4.76. The monoisotopic (exact) mass is 347 g/mol. The molecule has 2 rings (SSSR count). The van der Waals surface area contributed by atoms with Gasteiger partial charge in [-0.15, -0.1) is 11.3 Å². The highest BCUT2D eigenvalue weighted by Gasteiger charge is 2.20. The van der Waals surface area contributed by atoms with Crippen LogP contribution in [0, 0.1) is 0 Å². The first-order chi connectivity index (χ1) is 9.92. The van der Waals surface area contributed by atoms with E-state index in [1.807, 2.05) is 0 Å². The van der Waals surface area contributed by atoms with Crippen LogP contribution < -0.4 is 4.72 Å². The number of carbonyl (C=O) groups is 1. The van der Waals surface area contributed by atoms with E-state index < -0.39 is 16.0 Å². The summed E-state index contributed by atoms with van der Waals surface area (Å²) in [5, 5.41) is 1.57. The van der Waals surface area contributed by atoms with Gasteiger partial charge in [-0.3, -0.25) is 9.52 Å². The molecule has 0 aromatic carbocycles. The third-order valence-electron chi connectivity index (χ3n) is 2.34. The van der Waals surface area contributed by atoms with E-state index in [1.54, 1.807) is 5.38 Å². The number of pyridine rings is 1. The quantitative estimate of drug-likeness (QED) is 0.653. The smallest absolute Gasteiger partial charge is 0.311 e. The number of ether oxygens (including phenoxy) is 1. The summed E-state index contributed by atoms with van der Waals surface area (Å²) in [6, 6.07) is 2.80. The zero-order valence-electron chi connectivity index (χ0n) is 10.7. The third-order valence-corrected chi connectivity index (χ3v) is 5.06. The Labute approximate surface area is 130 Å². The number of esters is 1. The lowest BCUT2D eigenvalue weighted by Crippen LogP contribution is -2.14. The molecule has 2 aromatic rings. The number of nitrogens with one attached hydrogen (secondary N) is 1. The fourth-order valence-corrected chi connectivity index (χ4v) is 3.81. The molecule has 2 aromatic heterocycles. The van der Waals surface area contributed by atoms with Gasteiger partial charge in [-0.05, 0) is 12.1 Å². The van der Waals surface area contributed by atoms with E-state index in [4.69, 9.17) is 11.6 Å². The second-order valence-corrected chi connectivity index (χ2v) is 6.66. The molecule has 0 atom stereocenters. The summed E-state index contributed by atoms with van der Waals surface area (Å²) in [6.07, 6.45) is 1.36. The van der Waals surface area contributed by atoms with Gasteiger partial charge < -0.3 is 4.74 Å². The predicted molar refractivity (Wildman–Crippen MR) is 77.9 cm³/mol. The molecule has 7 nitrogen and oxygen atoms in total. The molecule has 0 saturated carbocycles. The largest absolute Gasteiger partial charge is 0.469 e. The van der Waals surface area contributed by atoms with Crippen LogP contribution in [-0.2, 0) is 26.0 Å². The molecule has 0 aliphatic rings. The SMILES string of the molecule is COC(=O)Cc1csc(NS(=O)(=O)c2cccnc2Cl)n1. The highest BCUT2D eigenvalue weighted by molar-refractivity contribution is 7.93. The molecule has 0 saturated heterocycles. The summed E-state index contributed by atoms with van der Waals surface area (Å²) in [4.78, 5) is 18.7. The molecular formula is C11H10ClN3O4S2. The normalized spacial score (nSPS) is 11.1. The number of nitrogens with zero attached hydrogens (tertiary/aromatic N) is 2. The van der Waals surface area contributed by atoms with Crippen molar-refractivity contribution in [2.24, 2.45) is 0 Å².